The number of hydrogen-bond donors (Lipinski definition) is 2. The number of fused-ring (bicyclic) bond motifs is 2. The molecule has 0 spiro atoms. The first kappa shape index (κ1) is 7.17. The zero-order valence-corrected chi connectivity index (χ0v) is 5.64. The summed E-state index contributed by atoms with van der Waals surface area (Å²) in [7, 11) is 0. The molecule has 2 heterocycles. The van der Waals surface area contributed by atoms with Crippen LogP contribution in [0.15, 0.2) is 0 Å². The van der Waals surface area contributed by atoms with E-state index in [1.165, 1.54) is 0 Å². The van der Waals surface area contributed by atoms with Gasteiger partial charge in [-0.1, -0.05) is 0 Å². The smallest absolute Gasteiger partial charge is 0.195 e. The maximum atomic E-state index is 11.0. The number of carbonyl (C=O) groups is 1. The van der Waals surface area contributed by atoms with E-state index in [9.17, 15) is 4.79 Å². The zero-order valence-electron chi connectivity index (χ0n) is 5.64. The minimum absolute atomic E-state index is 0.137. The number of aliphatic hydroxyl groups excluding tert-OH is 2. The fraction of sp³-hybridized carbons (Fsp3) is 0.833. The second-order valence-corrected chi connectivity index (χ2v) is 2.66. The van der Waals surface area contributed by atoms with Crippen molar-refractivity contribution in [2.24, 2.45) is 0 Å². The van der Waals surface area contributed by atoms with Crippen LogP contribution < -0.4 is 0 Å². The van der Waals surface area contributed by atoms with Gasteiger partial charge in [-0.05, 0) is 0 Å². The van der Waals surface area contributed by atoms with Crippen molar-refractivity contribution in [3.05, 3.63) is 0 Å². The number of carbonyl (C=O) groups excluding carboxylic acids is 1. The van der Waals surface area contributed by atoms with Gasteiger partial charge in [0, 0.05) is 0 Å². The summed E-state index contributed by atoms with van der Waals surface area (Å²) in [5.74, 6) is -0.494. The van der Waals surface area contributed by atoms with Crippen LogP contribution in [0.4, 0.5) is 0 Å². The Balaban J connectivity index is 2.23. The summed E-state index contributed by atoms with van der Waals surface area (Å²) < 4.78 is 9.79. The van der Waals surface area contributed by atoms with Crippen molar-refractivity contribution in [3.63, 3.8) is 0 Å². The lowest BCUT2D eigenvalue weighted by atomic mass is 10.0. The molecule has 4 atom stereocenters. The van der Waals surface area contributed by atoms with Gasteiger partial charge in [0.05, 0.1) is 6.61 Å². The monoisotopic (exact) mass is 160 g/mol. The Morgan fingerprint density at radius 1 is 1.45 bits per heavy atom. The van der Waals surface area contributed by atoms with Crippen molar-refractivity contribution in [2.75, 3.05) is 6.61 Å². The Morgan fingerprint density at radius 2 is 2.18 bits per heavy atom. The summed E-state index contributed by atoms with van der Waals surface area (Å²) >= 11 is 0. The highest BCUT2D eigenvalue weighted by molar-refractivity contribution is 5.89. The molecule has 62 valence electrons. The molecule has 2 fully saturated rings. The number of ketones is 1. The molecule has 0 aliphatic carbocycles. The molecule has 11 heavy (non-hydrogen) atoms. The van der Waals surface area contributed by atoms with Crippen molar-refractivity contribution >= 4 is 5.78 Å². The first-order valence-electron chi connectivity index (χ1n) is 3.37. The van der Waals surface area contributed by atoms with Gasteiger partial charge in [0.2, 0.25) is 0 Å². The largest absolute Gasteiger partial charge is 0.385 e. The number of aliphatic hydroxyl groups is 2. The van der Waals surface area contributed by atoms with Crippen molar-refractivity contribution in [1.82, 2.24) is 0 Å². The lowest BCUT2D eigenvalue weighted by molar-refractivity contribution is -0.194. The van der Waals surface area contributed by atoms with E-state index in [4.69, 9.17) is 19.7 Å². The van der Waals surface area contributed by atoms with Gasteiger partial charge in [0.1, 0.15) is 18.3 Å². The summed E-state index contributed by atoms with van der Waals surface area (Å²) in [4.78, 5) is 11.0. The van der Waals surface area contributed by atoms with Crippen LogP contribution in [-0.2, 0) is 14.3 Å². The molecular formula is C6H8O5. The highest BCUT2D eigenvalue weighted by Crippen LogP contribution is 2.24. The first-order chi connectivity index (χ1) is 5.20. The van der Waals surface area contributed by atoms with E-state index >= 15 is 0 Å². The maximum absolute atomic E-state index is 11.0. The predicted octanol–water partition coefficient (Wildman–Crippen LogP) is -1.97. The quantitative estimate of drug-likeness (QED) is 0.430. The molecule has 0 aromatic rings. The lowest BCUT2D eigenvalue weighted by Gasteiger charge is -2.26. The summed E-state index contributed by atoms with van der Waals surface area (Å²) in [6, 6.07) is 0. The van der Waals surface area contributed by atoms with Gasteiger partial charge in [0.15, 0.2) is 12.1 Å². The molecule has 0 saturated carbocycles. The third-order valence-corrected chi connectivity index (χ3v) is 1.92. The maximum Gasteiger partial charge on any atom is 0.195 e. The van der Waals surface area contributed by atoms with E-state index in [0.717, 1.165) is 0 Å². The van der Waals surface area contributed by atoms with Crippen LogP contribution in [0.2, 0.25) is 0 Å². The van der Waals surface area contributed by atoms with Crippen molar-refractivity contribution < 1.29 is 24.5 Å². The Labute approximate surface area is 62.5 Å². The van der Waals surface area contributed by atoms with E-state index in [1.807, 2.05) is 0 Å². The number of ether oxygens (including phenoxy) is 2. The SMILES string of the molecule is O=C1[C@@H](O)[C@@H](O)C2OC[C@H]1O2. The zero-order chi connectivity index (χ0) is 8.01. The molecule has 1 unspecified atom stereocenters. The number of Topliss-reactive ketones (excluding diaryl/α,β-unsaturated/α-hetero) is 1. The van der Waals surface area contributed by atoms with E-state index < -0.39 is 30.4 Å². The fourth-order valence-corrected chi connectivity index (χ4v) is 1.26. The molecule has 5 nitrogen and oxygen atoms in total. The molecule has 2 aliphatic heterocycles. The minimum Gasteiger partial charge on any atom is -0.385 e. The molecule has 0 aromatic heterocycles. The van der Waals surface area contributed by atoms with E-state index in [0.29, 0.717) is 0 Å². The van der Waals surface area contributed by atoms with Crippen molar-refractivity contribution in [2.45, 2.75) is 24.6 Å². The van der Waals surface area contributed by atoms with Crippen LogP contribution in [0.5, 0.6) is 0 Å². The Kier molecular flexibility index (Phi) is 1.47. The molecule has 0 amide bonds. The van der Waals surface area contributed by atoms with Gasteiger partial charge in [-0.15, -0.1) is 0 Å². The molecule has 2 N–H and O–H groups in total. The van der Waals surface area contributed by atoms with Gasteiger partial charge >= 0.3 is 0 Å². The lowest BCUT2D eigenvalue weighted by Crippen LogP contribution is -2.50. The predicted molar refractivity (Wildman–Crippen MR) is 31.6 cm³/mol. The number of rotatable bonds is 0. The van der Waals surface area contributed by atoms with Crippen LogP contribution in [0.25, 0.3) is 0 Å². The van der Waals surface area contributed by atoms with Gasteiger partial charge < -0.3 is 19.7 Å². The average Bonchev–Trinajstić information content (AvgIpc) is 2.44. The minimum atomic E-state index is -1.35. The third-order valence-electron chi connectivity index (χ3n) is 1.92. The second kappa shape index (κ2) is 2.25. The topological polar surface area (TPSA) is 76.0 Å². The molecule has 0 aromatic carbocycles. The summed E-state index contributed by atoms with van der Waals surface area (Å²) in [5.41, 5.74) is 0. The fourth-order valence-electron chi connectivity index (χ4n) is 1.26. The Hall–Kier alpha value is -0.490. The molecule has 5 heteroatoms. The van der Waals surface area contributed by atoms with Crippen LogP contribution >= 0.6 is 0 Å². The van der Waals surface area contributed by atoms with Crippen molar-refractivity contribution in [1.29, 1.82) is 0 Å². The van der Waals surface area contributed by atoms with E-state index in [1.54, 1.807) is 0 Å². The van der Waals surface area contributed by atoms with Gasteiger partial charge in [-0.3, -0.25) is 4.79 Å². The third kappa shape index (κ3) is 0.893. The van der Waals surface area contributed by atoms with Crippen LogP contribution in [0.3, 0.4) is 0 Å². The summed E-state index contributed by atoms with van der Waals surface area (Å²) in [6.45, 7) is 0.137. The van der Waals surface area contributed by atoms with Gasteiger partial charge in [-0.2, -0.15) is 0 Å². The molecule has 2 aliphatic rings. The van der Waals surface area contributed by atoms with Crippen LogP contribution in [-0.4, -0.2) is 47.2 Å². The molecule has 2 rings (SSSR count). The van der Waals surface area contributed by atoms with Crippen LogP contribution in [0, 0.1) is 0 Å². The van der Waals surface area contributed by atoms with Crippen molar-refractivity contribution in [3.8, 4) is 0 Å². The summed E-state index contributed by atoms with van der Waals surface area (Å²) in [5, 5.41) is 18.2. The first-order valence-corrected chi connectivity index (χ1v) is 3.37. The Bertz CT molecular complexity index is 191. The van der Waals surface area contributed by atoms with E-state index in [2.05, 4.69) is 0 Å². The Morgan fingerprint density at radius 3 is 2.91 bits per heavy atom. The summed E-state index contributed by atoms with van der Waals surface area (Å²) in [6.07, 6.45) is -4.09. The molecule has 2 saturated heterocycles. The average molecular weight is 160 g/mol. The van der Waals surface area contributed by atoms with Gasteiger partial charge in [0.25, 0.3) is 0 Å². The molecule has 0 radical (unpaired) electrons. The number of hydrogen-bond acceptors (Lipinski definition) is 5. The van der Waals surface area contributed by atoms with Gasteiger partial charge in [-0.25, -0.2) is 0 Å². The highest BCUT2D eigenvalue weighted by atomic mass is 16.7. The molecule has 2 bridgehead atoms. The molecular weight excluding hydrogens is 152 g/mol. The standard InChI is InChI=1S/C6H8O5/c7-3-2-1-10-6(11-2)5(9)4(3)8/h2,4-6,8-9H,1H2/t2-,4-,5-,6?/m1/s1. The van der Waals surface area contributed by atoms with E-state index in [-0.39, 0.29) is 6.61 Å². The van der Waals surface area contributed by atoms with Crippen LogP contribution in [0.1, 0.15) is 0 Å². The second-order valence-electron chi connectivity index (χ2n) is 2.66. The normalized spacial score (nSPS) is 49.8. The highest BCUT2D eigenvalue weighted by Gasteiger charge is 2.48.